The first-order valence-electron chi connectivity index (χ1n) is 5.12. The Balaban J connectivity index is 2.36. The number of aromatic nitrogens is 1. The molecule has 0 spiro atoms. The van der Waals surface area contributed by atoms with Crippen LogP contribution in [0.25, 0.3) is 10.9 Å². The first-order chi connectivity index (χ1) is 7.74. The number of alkyl halides is 1. The normalized spacial score (nSPS) is 10.6. The van der Waals surface area contributed by atoms with Crippen LogP contribution < -0.4 is 4.90 Å². The van der Waals surface area contributed by atoms with E-state index in [2.05, 4.69) is 4.98 Å². The molecule has 0 aliphatic carbocycles. The summed E-state index contributed by atoms with van der Waals surface area (Å²) in [5, 5.41) is 1.05. The number of rotatable bonds is 3. The van der Waals surface area contributed by atoms with Crippen molar-refractivity contribution in [3.05, 3.63) is 30.5 Å². The third kappa shape index (κ3) is 1.91. The van der Waals surface area contributed by atoms with Gasteiger partial charge in [-0.15, -0.1) is 11.6 Å². The van der Waals surface area contributed by atoms with E-state index in [1.807, 2.05) is 30.5 Å². The molecule has 1 aromatic carbocycles. The zero-order valence-electron chi connectivity index (χ0n) is 9.03. The lowest BCUT2D eigenvalue weighted by molar-refractivity contribution is -0.117. The summed E-state index contributed by atoms with van der Waals surface area (Å²) in [6.45, 7) is 0. The van der Waals surface area contributed by atoms with E-state index in [-0.39, 0.29) is 5.91 Å². The van der Waals surface area contributed by atoms with E-state index in [9.17, 15) is 4.79 Å². The molecule has 0 fully saturated rings. The van der Waals surface area contributed by atoms with Gasteiger partial charge < -0.3 is 9.88 Å². The van der Waals surface area contributed by atoms with E-state index in [4.69, 9.17) is 11.6 Å². The number of hydrogen-bond acceptors (Lipinski definition) is 1. The number of H-pyrrole nitrogens is 1. The maximum Gasteiger partial charge on any atom is 0.227 e. The Morgan fingerprint density at radius 3 is 2.94 bits per heavy atom. The first-order valence-corrected chi connectivity index (χ1v) is 5.66. The van der Waals surface area contributed by atoms with Crippen LogP contribution in [0.2, 0.25) is 0 Å². The lowest BCUT2D eigenvalue weighted by Gasteiger charge is -2.15. The summed E-state index contributed by atoms with van der Waals surface area (Å²) < 4.78 is 0. The second-order valence-electron chi connectivity index (χ2n) is 3.61. The highest BCUT2D eigenvalue weighted by Crippen LogP contribution is 2.25. The van der Waals surface area contributed by atoms with Crippen molar-refractivity contribution < 1.29 is 4.79 Å². The Morgan fingerprint density at radius 2 is 2.19 bits per heavy atom. The van der Waals surface area contributed by atoms with Crippen molar-refractivity contribution in [3.63, 3.8) is 0 Å². The average Bonchev–Trinajstić information content (AvgIpc) is 2.72. The predicted octanol–water partition coefficient (Wildman–Crippen LogP) is 2.76. The van der Waals surface area contributed by atoms with Gasteiger partial charge in [0.15, 0.2) is 0 Å². The molecule has 0 bridgehead atoms. The predicted molar refractivity (Wildman–Crippen MR) is 67.0 cm³/mol. The smallest absolute Gasteiger partial charge is 0.227 e. The number of carbonyl (C=O) groups excluding carboxylic acids is 1. The van der Waals surface area contributed by atoms with Crippen molar-refractivity contribution in [2.24, 2.45) is 0 Å². The number of carbonyl (C=O) groups is 1. The summed E-state index contributed by atoms with van der Waals surface area (Å²) in [6, 6.07) is 7.90. The molecule has 1 heterocycles. The van der Waals surface area contributed by atoms with E-state index >= 15 is 0 Å². The van der Waals surface area contributed by atoms with Crippen molar-refractivity contribution in [1.29, 1.82) is 0 Å². The molecular weight excluding hydrogens is 224 g/mol. The van der Waals surface area contributed by atoms with Gasteiger partial charge in [-0.1, -0.05) is 18.2 Å². The van der Waals surface area contributed by atoms with Gasteiger partial charge in [-0.3, -0.25) is 4.79 Å². The molecule has 0 unspecified atom stereocenters. The average molecular weight is 237 g/mol. The van der Waals surface area contributed by atoms with Crippen LogP contribution >= 0.6 is 11.6 Å². The first kappa shape index (κ1) is 11.0. The number of benzene rings is 1. The van der Waals surface area contributed by atoms with Crippen molar-refractivity contribution in [2.45, 2.75) is 6.42 Å². The molecule has 1 N–H and O–H groups in total. The second kappa shape index (κ2) is 4.58. The largest absolute Gasteiger partial charge is 0.359 e. The van der Waals surface area contributed by atoms with Crippen LogP contribution in [0.15, 0.2) is 30.5 Å². The molecule has 4 heteroatoms. The highest BCUT2D eigenvalue weighted by atomic mass is 35.5. The minimum Gasteiger partial charge on any atom is -0.359 e. The van der Waals surface area contributed by atoms with Gasteiger partial charge in [-0.25, -0.2) is 0 Å². The fourth-order valence-electron chi connectivity index (χ4n) is 1.72. The fraction of sp³-hybridized carbons (Fsp3) is 0.250. The number of halogens is 1. The van der Waals surface area contributed by atoms with E-state index in [0.717, 1.165) is 16.6 Å². The van der Waals surface area contributed by atoms with Gasteiger partial charge in [0.2, 0.25) is 5.91 Å². The van der Waals surface area contributed by atoms with Crippen LogP contribution in [0.1, 0.15) is 6.42 Å². The Kier molecular flexibility index (Phi) is 3.15. The minimum absolute atomic E-state index is 0.0275. The number of fused-ring (bicyclic) bond motifs is 1. The summed E-state index contributed by atoms with van der Waals surface area (Å²) in [5.74, 6) is 0.380. The topological polar surface area (TPSA) is 36.1 Å². The zero-order valence-corrected chi connectivity index (χ0v) is 9.79. The van der Waals surface area contributed by atoms with Gasteiger partial charge in [0, 0.05) is 36.4 Å². The van der Waals surface area contributed by atoms with Gasteiger partial charge in [-0.05, 0) is 6.07 Å². The zero-order chi connectivity index (χ0) is 11.5. The van der Waals surface area contributed by atoms with Gasteiger partial charge >= 0.3 is 0 Å². The molecule has 2 rings (SSSR count). The van der Waals surface area contributed by atoms with Gasteiger partial charge in [0.1, 0.15) is 0 Å². The van der Waals surface area contributed by atoms with Crippen LogP contribution in [0.5, 0.6) is 0 Å². The Hall–Kier alpha value is -1.48. The van der Waals surface area contributed by atoms with Crippen LogP contribution in [0.4, 0.5) is 5.69 Å². The number of hydrogen-bond donors (Lipinski definition) is 1. The summed E-state index contributed by atoms with van der Waals surface area (Å²) >= 11 is 5.56. The van der Waals surface area contributed by atoms with Crippen molar-refractivity contribution in [3.8, 4) is 0 Å². The second-order valence-corrected chi connectivity index (χ2v) is 3.99. The van der Waals surface area contributed by atoms with E-state index in [1.165, 1.54) is 0 Å². The number of nitrogens with zero attached hydrogens (tertiary/aromatic N) is 1. The molecule has 0 atom stereocenters. The van der Waals surface area contributed by atoms with Crippen molar-refractivity contribution in [1.82, 2.24) is 4.98 Å². The molecule has 0 aliphatic heterocycles. The fourth-order valence-corrected chi connectivity index (χ4v) is 1.88. The lowest BCUT2D eigenvalue weighted by Crippen LogP contribution is -2.25. The maximum atomic E-state index is 11.7. The maximum absolute atomic E-state index is 11.7. The SMILES string of the molecule is CN(C(=O)CCCl)c1c[nH]c2ccccc12. The molecule has 0 saturated carbocycles. The Morgan fingerprint density at radius 1 is 1.44 bits per heavy atom. The van der Waals surface area contributed by atoms with Crippen LogP contribution in [0, 0.1) is 0 Å². The molecule has 1 aromatic heterocycles. The number of anilines is 1. The molecular formula is C12H13ClN2O. The highest BCUT2D eigenvalue weighted by molar-refractivity contribution is 6.19. The quantitative estimate of drug-likeness (QED) is 0.818. The summed E-state index contributed by atoms with van der Waals surface area (Å²) in [5.41, 5.74) is 1.92. The number of nitrogens with one attached hydrogen (secondary N) is 1. The molecule has 0 radical (unpaired) electrons. The summed E-state index contributed by atoms with van der Waals surface area (Å²) in [7, 11) is 1.77. The third-order valence-electron chi connectivity index (χ3n) is 2.61. The molecule has 84 valence electrons. The van der Waals surface area contributed by atoms with Crippen LogP contribution in [0.3, 0.4) is 0 Å². The molecule has 2 aromatic rings. The number of aromatic amines is 1. The van der Waals surface area contributed by atoms with Crippen molar-refractivity contribution in [2.75, 3.05) is 17.8 Å². The van der Waals surface area contributed by atoms with Crippen LogP contribution in [-0.4, -0.2) is 23.8 Å². The summed E-state index contributed by atoms with van der Waals surface area (Å²) in [6.07, 6.45) is 2.20. The highest BCUT2D eigenvalue weighted by Gasteiger charge is 2.13. The van der Waals surface area contributed by atoms with E-state index in [1.54, 1.807) is 11.9 Å². The minimum atomic E-state index is 0.0275. The van der Waals surface area contributed by atoms with E-state index in [0.29, 0.717) is 12.3 Å². The molecule has 16 heavy (non-hydrogen) atoms. The number of para-hydroxylation sites is 1. The van der Waals surface area contributed by atoms with Crippen LogP contribution in [-0.2, 0) is 4.79 Å². The number of amides is 1. The van der Waals surface area contributed by atoms with Gasteiger partial charge in [0.25, 0.3) is 0 Å². The van der Waals surface area contributed by atoms with Gasteiger partial charge in [-0.2, -0.15) is 0 Å². The monoisotopic (exact) mass is 236 g/mol. The molecule has 0 saturated heterocycles. The Labute approximate surface area is 99.0 Å². The molecule has 0 aliphatic rings. The van der Waals surface area contributed by atoms with Crippen molar-refractivity contribution >= 4 is 34.1 Å². The molecule has 1 amide bonds. The lowest BCUT2D eigenvalue weighted by atomic mass is 10.2. The Bertz CT molecular complexity index is 506. The van der Waals surface area contributed by atoms with Gasteiger partial charge in [0.05, 0.1) is 5.69 Å². The summed E-state index contributed by atoms with van der Waals surface area (Å²) in [4.78, 5) is 16.5. The standard InChI is InChI=1S/C12H13ClN2O/c1-15(12(16)6-7-13)11-8-14-10-5-3-2-4-9(10)11/h2-5,8,14H,6-7H2,1H3. The van der Waals surface area contributed by atoms with E-state index < -0.39 is 0 Å². The molecule has 3 nitrogen and oxygen atoms in total. The third-order valence-corrected chi connectivity index (χ3v) is 2.80.